The number of Topliss-reactive ketones (excluding diaryl/α,β-unsaturated/α-hetero) is 1. The van der Waals surface area contributed by atoms with Gasteiger partial charge in [-0.15, -0.1) is 10.2 Å². The predicted molar refractivity (Wildman–Crippen MR) is 120 cm³/mol. The first-order chi connectivity index (χ1) is 15.1. The maximum atomic E-state index is 12.5. The first-order valence-corrected chi connectivity index (χ1v) is 10.6. The van der Waals surface area contributed by atoms with E-state index < -0.39 is 0 Å². The third-order valence-electron chi connectivity index (χ3n) is 4.48. The lowest BCUT2D eigenvalue weighted by molar-refractivity contribution is -0.113. The molecule has 0 aliphatic heterocycles. The molecule has 0 atom stereocenters. The Morgan fingerprint density at radius 2 is 1.74 bits per heavy atom. The van der Waals surface area contributed by atoms with Crippen LogP contribution in [0, 0.1) is 0 Å². The molecule has 0 spiro atoms. The van der Waals surface area contributed by atoms with Crippen LogP contribution in [-0.2, 0) is 4.79 Å². The fourth-order valence-electron chi connectivity index (χ4n) is 2.97. The number of thioether (sulfide) groups is 1. The van der Waals surface area contributed by atoms with E-state index in [-0.39, 0.29) is 17.4 Å². The maximum Gasteiger partial charge on any atom is 0.234 e. The van der Waals surface area contributed by atoms with Gasteiger partial charge < -0.3 is 5.32 Å². The molecule has 0 saturated heterocycles. The van der Waals surface area contributed by atoms with Gasteiger partial charge in [-0.25, -0.2) is 0 Å². The van der Waals surface area contributed by atoms with Crippen molar-refractivity contribution in [2.24, 2.45) is 0 Å². The number of aromatic nitrogens is 4. The van der Waals surface area contributed by atoms with Crippen LogP contribution in [0.2, 0.25) is 0 Å². The Balaban J connectivity index is 1.52. The van der Waals surface area contributed by atoms with E-state index in [4.69, 9.17) is 0 Å². The van der Waals surface area contributed by atoms with Crippen LogP contribution in [0.3, 0.4) is 0 Å². The molecule has 2 aromatic heterocycles. The molecule has 4 aromatic rings. The molecule has 0 aliphatic rings. The van der Waals surface area contributed by atoms with Crippen molar-refractivity contribution in [3.8, 4) is 17.1 Å². The number of nitrogens with one attached hydrogen (secondary N) is 1. The standard InChI is InChI=1S/C23H19N5O2S/c1-16(29)17-9-11-19(12-10-17)25-21(30)15-31-23-27-26-22(18-6-5-13-24-14-18)28(23)20-7-3-2-4-8-20/h2-14H,15H2,1H3,(H,25,30). The molecule has 1 N–H and O–H groups in total. The van der Waals surface area contributed by atoms with Gasteiger partial charge in [-0.3, -0.25) is 19.1 Å². The molecule has 0 radical (unpaired) electrons. The van der Waals surface area contributed by atoms with Gasteiger partial charge in [0.15, 0.2) is 16.8 Å². The van der Waals surface area contributed by atoms with E-state index in [2.05, 4.69) is 20.5 Å². The zero-order chi connectivity index (χ0) is 21.6. The number of pyridine rings is 1. The van der Waals surface area contributed by atoms with E-state index >= 15 is 0 Å². The summed E-state index contributed by atoms with van der Waals surface area (Å²) in [6.45, 7) is 1.51. The number of carbonyl (C=O) groups is 2. The molecule has 8 heteroatoms. The number of rotatable bonds is 7. The van der Waals surface area contributed by atoms with E-state index in [9.17, 15) is 9.59 Å². The van der Waals surface area contributed by atoms with Crippen LogP contribution in [-0.4, -0.2) is 37.2 Å². The molecule has 2 heterocycles. The minimum Gasteiger partial charge on any atom is -0.325 e. The van der Waals surface area contributed by atoms with Gasteiger partial charge in [0.05, 0.1) is 5.75 Å². The fourth-order valence-corrected chi connectivity index (χ4v) is 3.72. The van der Waals surface area contributed by atoms with Crippen LogP contribution in [0.4, 0.5) is 5.69 Å². The third kappa shape index (κ3) is 4.87. The number of ketones is 1. The number of nitrogens with zero attached hydrogens (tertiary/aromatic N) is 4. The predicted octanol–water partition coefficient (Wildman–Crippen LogP) is 4.26. The molecule has 1 amide bonds. The molecule has 31 heavy (non-hydrogen) atoms. The van der Waals surface area contributed by atoms with Gasteiger partial charge in [0.25, 0.3) is 0 Å². The Labute approximate surface area is 183 Å². The number of amides is 1. The van der Waals surface area contributed by atoms with E-state index in [0.717, 1.165) is 11.3 Å². The van der Waals surface area contributed by atoms with Crippen molar-refractivity contribution in [3.63, 3.8) is 0 Å². The van der Waals surface area contributed by atoms with Crippen LogP contribution < -0.4 is 5.32 Å². The minimum atomic E-state index is -0.175. The normalized spacial score (nSPS) is 10.6. The van der Waals surface area contributed by atoms with Crippen molar-refractivity contribution >= 4 is 29.1 Å². The number of benzene rings is 2. The number of para-hydroxylation sites is 1. The largest absolute Gasteiger partial charge is 0.325 e. The molecule has 0 aliphatic carbocycles. The number of hydrogen-bond acceptors (Lipinski definition) is 6. The molecule has 0 unspecified atom stereocenters. The fraction of sp³-hybridized carbons (Fsp3) is 0.0870. The van der Waals surface area contributed by atoms with Crippen LogP contribution in [0.5, 0.6) is 0 Å². The summed E-state index contributed by atoms with van der Waals surface area (Å²) in [7, 11) is 0. The molecule has 154 valence electrons. The number of hydrogen-bond donors (Lipinski definition) is 1. The monoisotopic (exact) mass is 429 g/mol. The molecule has 0 bridgehead atoms. The van der Waals surface area contributed by atoms with Crippen molar-refractivity contribution in [1.82, 2.24) is 19.7 Å². The minimum absolute atomic E-state index is 0.0156. The van der Waals surface area contributed by atoms with Gasteiger partial charge in [-0.1, -0.05) is 30.0 Å². The lowest BCUT2D eigenvalue weighted by atomic mass is 10.1. The molecule has 7 nitrogen and oxygen atoms in total. The second kappa shape index (κ2) is 9.36. The zero-order valence-corrected chi connectivity index (χ0v) is 17.5. The van der Waals surface area contributed by atoms with Gasteiger partial charge in [-0.05, 0) is 55.5 Å². The summed E-state index contributed by atoms with van der Waals surface area (Å²) < 4.78 is 1.91. The highest BCUT2D eigenvalue weighted by molar-refractivity contribution is 7.99. The van der Waals surface area contributed by atoms with E-state index in [0.29, 0.717) is 22.2 Å². The Morgan fingerprint density at radius 3 is 2.42 bits per heavy atom. The molecule has 0 fully saturated rings. The second-order valence-electron chi connectivity index (χ2n) is 6.69. The number of anilines is 1. The van der Waals surface area contributed by atoms with Crippen LogP contribution in [0.1, 0.15) is 17.3 Å². The van der Waals surface area contributed by atoms with Crippen LogP contribution in [0.25, 0.3) is 17.1 Å². The Kier molecular flexibility index (Phi) is 6.18. The Hall–Kier alpha value is -3.78. The van der Waals surface area contributed by atoms with Crippen molar-refractivity contribution in [3.05, 3.63) is 84.7 Å². The highest BCUT2D eigenvalue weighted by Crippen LogP contribution is 2.27. The highest BCUT2D eigenvalue weighted by atomic mass is 32.2. The summed E-state index contributed by atoms with van der Waals surface area (Å²) in [5.74, 6) is 0.623. The lowest BCUT2D eigenvalue weighted by Gasteiger charge is -2.10. The van der Waals surface area contributed by atoms with Gasteiger partial charge in [-0.2, -0.15) is 0 Å². The summed E-state index contributed by atoms with van der Waals surface area (Å²) in [5, 5.41) is 12.1. The first-order valence-electron chi connectivity index (χ1n) is 9.57. The summed E-state index contributed by atoms with van der Waals surface area (Å²) in [6.07, 6.45) is 3.44. The summed E-state index contributed by atoms with van der Waals surface area (Å²) in [5.41, 5.74) is 2.97. The van der Waals surface area contributed by atoms with Gasteiger partial charge in [0.2, 0.25) is 5.91 Å². The summed E-state index contributed by atoms with van der Waals surface area (Å²) >= 11 is 1.30. The van der Waals surface area contributed by atoms with E-state index in [1.165, 1.54) is 18.7 Å². The smallest absolute Gasteiger partial charge is 0.234 e. The average Bonchev–Trinajstić information content (AvgIpc) is 3.23. The lowest BCUT2D eigenvalue weighted by Crippen LogP contribution is -2.14. The highest BCUT2D eigenvalue weighted by Gasteiger charge is 2.17. The van der Waals surface area contributed by atoms with Gasteiger partial charge >= 0.3 is 0 Å². The van der Waals surface area contributed by atoms with Gasteiger partial charge in [0, 0.05) is 34.9 Å². The average molecular weight is 430 g/mol. The quantitative estimate of drug-likeness (QED) is 0.349. The van der Waals surface area contributed by atoms with Crippen molar-refractivity contribution in [1.29, 1.82) is 0 Å². The molecule has 2 aromatic carbocycles. The topological polar surface area (TPSA) is 89.8 Å². The summed E-state index contributed by atoms with van der Waals surface area (Å²) in [4.78, 5) is 28.0. The van der Waals surface area contributed by atoms with Crippen molar-refractivity contribution in [2.75, 3.05) is 11.1 Å². The third-order valence-corrected chi connectivity index (χ3v) is 5.40. The first kappa shape index (κ1) is 20.5. The molecule has 4 rings (SSSR count). The second-order valence-corrected chi connectivity index (χ2v) is 7.63. The Morgan fingerprint density at radius 1 is 0.968 bits per heavy atom. The van der Waals surface area contributed by atoms with E-state index in [1.807, 2.05) is 47.0 Å². The maximum absolute atomic E-state index is 12.5. The SMILES string of the molecule is CC(=O)c1ccc(NC(=O)CSc2nnc(-c3cccnc3)n2-c2ccccc2)cc1. The molecular formula is C23H19N5O2S. The van der Waals surface area contributed by atoms with Crippen molar-refractivity contribution < 1.29 is 9.59 Å². The molecule has 0 saturated carbocycles. The van der Waals surface area contributed by atoms with E-state index in [1.54, 1.807) is 36.7 Å². The van der Waals surface area contributed by atoms with Gasteiger partial charge in [0.1, 0.15) is 0 Å². The summed E-state index contributed by atoms with van der Waals surface area (Å²) in [6, 6.07) is 20.3. The Bertz CT molecular complexity index is 1190. The molecular weight excluding hydrogens is 410 g/mol. The zero-order valence-electron chi connectivity index (χ0n) is 16.7. The number of carbonyl (C=O) groups excluding carboxylic acids is 2. The van der Waals surface area contributed by atoms with Crippen LogP contribution >= 0.6 is 11.8 Å². The van der Waals surface area contributed by atoms with Crippen molar-refractivity contribution in [2.45, 2.75) is 12.1 Å². The van der Waals surface area contributed by atoms with Crippen LogP contribution in [0.15, 0.2) is 84.3 Å².